The molecule has 9 nitrogen and oxygen atoms in total. The fraction of sp³-hybridized carbons (Fsp3) is 0.842. The fourth-order valence-corrected chi connectivity index (χ4v) is 4.09. The molecule has 2 fully saturated rings. The molecule has 0 amide bonds. The summed E-state index contributed by atoms with van der Waals surface area (Å²) >= 11 is 0. The molecule has 1 saturated carbocycles. The smallest absolute Gasteiger partial charge is 0.323 e. The molecule has 1 aromatic rings. The largest absolute Gasteiger partial charge is 0.466 e. The maximum absolute atomic E-state index is 12.7. The van der Waals surface area contributed by atoms with Crippen LogP contribution in [0, 0.1) is 17.8 Å². The number of fused-ring (bicyclic) bond motifs is 1. The van der Waals surface area contributed by atoms with Gasteiger partial charge in [0.1, 0.15) is 12.1 Å². The summed E-state index contributed by atoms with van der Waals surface area (Å²) in [5, 5.41) is 16.3. The zero-order valence-electron chi connectivity index (χ0n) is 19.4. The summed E-state index contributed by atoms with van der Waals surface area (Å²) in [6, 6.07) is -1.57. The van der Waals surface area contributed by atoms with E-state index >= 15 is 0 Å². The minimum atomic E-state index is -1.68. The van der Waals surface area contributed by atoms with Crippen LogP contribution < -0.4 is 5.32 Å². The van der Waals surface area contributed by atoms with Crippen LogP contribution in [0.3, 0.4) is 0 Å². The topological polar surface area (TPSA) is 119 Å². The SMILES string of the molecule is [2H]C([2H])(C[C@H]1CC[C@H]2CN[C@]([2H])(C(=O)O[C@H](C)CC(=O)OCC)C[C@H]2C1)c1nn[nH]n1. The lowest BCUT2D eigenvalue weighted by molar-refractivity contribution is -0.157. The zero-order chi connectivity index (χ0) is 22.6. The molecule has 0 unspecified atom stereocenters. The number of nitrogens with one attached hydrogen (secondary N) is 2. The Morgan fingerprint density at radius 2 is 2.21 bits per heavy atom. The molecule has 9 heteroatoms. The lowest BCUT2D eigenvalue weighted by Crippen LogP contribution is -2.50. The van der Waals surface area contributed by atoms with Crippen molar-refractivity contribution in [3.8, 4) is 0 Å². The van der Waals surface area contributed by atoms with Gasteiger partial charge in [-0.2, -0.15) is 5.21 Å². The Balaban J connectivity index is 1.57. The van der Waals surface area contributed by atoms with Crippen LogP contribution in [0.2, 0.25) is 0 Å². The number of hydrogen-bond acceptors (Lipinski definition) is 8. The van der Waals surface area contributed by atoms with Crippen molar-refractivity contribution in [2.24, 2.45) is 17.8 Å². The molecule has 28 heavy (non-hydrogen) atoms. The molecule has 1 aliphatic carbocycles. The lowest BCUT2D eigenvalue weighted by atomic mass is 9.69. The third kappa shape index (κ3) is 5.73. The van der Waals surface area contributed by atoms with Crippen LogP contribution in [0.5, 0.6) is 0 Å². The molecule has 2 aliphatic rings. The van der Waals surface area contributed by atoms with Gasteiger partial charge in [0.05, 0.1) is 14.4 Å². The highest BCUT2D eigenvalue weighted by molar-refractivity contribution is 5.77. The first-order valence-electron chi connectivity index (χ1n) is 11.5. The second-order valence-corrected chi connectivity index (χ2v) is 7.60. The summed E-state index contributed by atoms with van der Waals surface area (Å²) in [5.74, 6) is -0.511. The van der Waals surface area contributed by atoms with Crippen LogP contribution in [-0.2, 0) is 25.4 Å². The Kier molecular flexibility index (Phi) is 6.00. The second-order valence-electron chi connectivity index (χ2n) is 7.60. The van der Waals surface area contributed by atoms with E-state index in [1.807, 2.05) is 0 Å². The Labute approximate surface area is 169 Å². The van der Waals surface area contributed by atoms with Crippen molar-refractivity contribution in [1.82, 2.24) is 25.9 Å². The summed E-state index contributed by atoms with van der Waals surface area (Å²) in [5.41, 5.74) is 0. The molecule has 2 heterocycles. The van der Waals surface area contributed by atoms with Crippen molar-refractivity contribution in [3.63, 3.8) is 0 Å². The average molecular weight is 397 g/mol. The van der Waals surface area contributed by atoms with Gasteiger partial charge in [-0.05, 0) is 63.8 Å². The van der Waals surface area contributed by atoms with Gasteiger partial charge in [0, 0.05) is 9.11 Å². The first-order chi connectivity index (χ1) is 14.6. The minimum absolute atomic E-state index is 0.0467. The maximum Gasteiger partial charge on any atom is 0.323 e. The zero-order valence-corrected chi connectivity index (χ0v) is 16.4. The van der Waals surface area contributed by atoms with Gasteiger partial charge >= 0.3 is 11.9 Å². The molecular weight excluding hydrogens is 362 g/mol. The number of ether oxygens (including phenoxy) is 2. The minimum Gasteiger partial charge on any atom is -0.466 e. The molecule has 0 spiro atoms. The van der Waals surface area contributed by atoms with Crippen molar-refractivity contribution < 1.29 is 23.2 Å². The van der Waals surface area contributed by atoms with Crippen molar-refractivity contribution in [1.29, 1.82) is 0 Å². The van der Waals surface area contributed by atoms with Crippen LogP contribution in [0.4, 0.5) is 0 Å². The number of carbonyl (C=O) groups excluding carboxylic acids is 2. The number of H-pyrrole nitrogens is 1. The molecule has 1 saturated heterocycles. The third-order valence-electron chi connectivity index (χ3n) is 5.50. The van der Waals surface area contributed by atoms with E-state index in [0.29, 0.717) is 18.9 Å². The van der Waals surface area contributed by atoms with Gasteiger partial charge in [-0.3, -0.25) is 9.59 Å². The molecule has 1 aliphatic heterocycles. The number of nitrogens with zero attached hydrogens (tertiary/aromatic N) is 3. The van der Waals surface area contributed by atoms with Crippen molar-refractivity contribution >= 4 is 11.9 Å². The normalized spacial score (nSPS) is 32.9. The van der Waals surface area contributed by atoms with Crippen molar-refractivity contribution in [2.75, 3.05) is 13.2 Å². The number of aromatic amines is 1. The monoisotopic (exact) mass is 396 g/mol. The highest BCUT2D eigenvalue weighted by atomic mass is 16.6. The van der Waals surface area contributed by atoms with E-state index in [0.717, 1.165) is 19.3 Å². The van der Waals surface area contributed by atoms with Gasteiger partial charge in [0.2, 0.25) is 0 Å². The number of hydrogen-bond donors (Lipinski definition) is 2. The van der Waals surface area contributed by atoms with Gasteiger partial charge in [0.15, 0.2) is 5.82 Å². The van der Waals surface area contributed by atoms with Gasteiger partial charge < -0.3 is 14.8 Å². The lowest BCUT2D eigenvalue weighted by Gasteiger charge is -2.42. The Hall–Kier alpha value is -2.03. The highest BCUT2D eigenvalue weighted by Crippen LogP contribution is 2.40. The van der Waals surface area contributed by atoms with Crippen LogP contribution in [0.15, 0.2) is 0 Å². The summed E-state index contributed by atoms with van der Waals surface area (Å²) in [6.07, 6.45) is 0.692. The molecule has 0 aromatic carbocycles. The third-order valence-corrected chi connectivity index (χ3v) is 5.50. The van der Waals surface area contributed by atoms with Crippen LogP contribution in [0.25, 0.3) is 0 Å². The van der Waals surface area contributed by atoms with E-state index in [1.165, 1.54) is 0 Å². The Morgan fingerprint density at radius 1 is 1.36 bits per heavy atom. The number of rotatable bonds is 8. The number of piperidine rings is 1. The van der Waals surface area contributed by atoms with Gasteiger partial charge in [0.25, 0.3) is 0 Å². The van der Waals surface area contributed by atoms with E-state index in [4.69, 9.17) is 13.6 Å². The summed E-state index contributed by atoms with van der Waals surface area (Å²) in [4.78, 5) is 24.3. The van der Waals surface area contributed by atoms with E-state index in [-0.39, 0.29) is 37.1 Å². The highest BCUT2D eigenvalue weighted by Gasteiger charge is 2.38. The van der Waals surface area contributed by atoms with Crippen LogP contribution in [0.1, 0.15) is 62.3 Å². The first kappa shape index (κ1) is 16.9. The standard InChI is InChI=1S/C19H31N5O4/c1-3-27-18(25)8-12(2)28-19(26)16-10-15-9-13(4-6-14(15)11-20-16)5-7-17-21-23-24-22-17/h12-16,20H,3-11H2,1-2H3,(H,21,22,23,24)/t12-,13-,14+,15-,16+/m1/s1/i7D2,16D. The number of aryl methyl sites for hydroxylation is 1. The van der Waals surface area contributed by atoms with E-state index in [2.05, 4.69) is 25.9 Å². The predicted molar refractivity (Wildman–Crippen MR) is 100 cm³/mol. The molecule has 156 valence electrons. The van der Waals surface area contributed by atoms with Gasteiger partial charge in [-0.1, -0.05) is 11.6 Å². The second kappa shape index (κ2) is 9.95. The molecule has 2 N–H and O–H groups in total. The maximum atomic E-state index is 12.7. The number of aromatic nitrogens is 4. The predicted octanol–water partition coefficient (Wildman–Crippen LogP) is 1.41. The molecule has 1 aromatic heterocycles. The average Bonchev–Trinajstić information content (AvgIpc) is 3.23. The van der Waals surface area contributed by atoms with E-state index < -0.39 is 30.4 Å². The number of tetrazole rings is 1. The van der Waals surface area contributed by atoms with Gasteiger partial charge in [-0.25, -0.2) is 0 Å². The van der Waals surface area contributed by atoms with E-state index in [9.17, 15) is 9.59 Å². The van der Waals surface area contributed by atoms with Crippen LogP contribution >= 0.6 is 0 Å². The van der Waals surface area contributed by atoms with Crippen LogP contribution in [-0.4, -0.2) is 57.8 Å². The Bertz CT molecular complexity index is 766. The fourth-order valence-electron chi connectivity index (χ4n) is 4.09. The summed E-state index contributed by atoms with van der Waals surface area (Å²) in [6.45, 7) is 4.12. The summed E-state index contributed by atoms with van der Waals surface area (Å²) in [7, 11) is 0. The quantitative estimate of drug-likeness (QED) is 0.633. The number of carbonyl (C=O) groups is 2. The van der Waals surface area contributed by atoms with Crippen molar-refractivity contribution in [2.45, 2.75) is 70.9 Å². The first-order valence-corrected chi connectivity index (χ1v) is 9.98. The molecule has 3 rings (SSSR count). The Morgan fingerprint density at radius 3 is 2.96 bits per heavy atom. The molecule has 5 atom stereocenters. The van der Waals surface area contributed by atoms with Gasteiger partial charge in [-0.15, -0.1) is 10.2 Å². The molecule has 0 radical (unpaired) electrons. The molecular formula is C19H31N5O4. The molecule has 0 bridgehead atoms. The summed E-state index contributed by atoms with van der Waals surface area (Å²) < 4.78 is 35.5. The number of esters is 2. The van der Waals surface area contributed by atoms with Crippen molar-refractivity contribution in [3.05, 3.63) is 5.82 Å². The van der Waals surface area contributed by atoms with E-state index in [1.54, 1.807) is 13.8 Å².